The van der Waals surface area contributed by atoms with Crippen LogP contribution >= 0.6 is 14.7 Å². The molecule has 0 heterocycles. The van der Waals surface area contributed by atoms with E-state index in [0.29, 0.717) is 44.2 Å². The van der Waals surface area contributed by atoms with E-state index in [-0.39, 0.29) is 50.6 Å². The highest BCUT2D eigenvalue weighted by molar-refractivity contribution is 7.84. The first-order chi connectivity index (χ1) is 27.1. The van der Waals surface area contributed by atoms with Crippen molar-refractivity contribution in [2.45, 2.75) is 55.4 Å². The Hall–Kier alpha value is -4.90. The molecule has 0 aliphatic heterocycles. The molecule has 0 fully saturated rings. The zero-order valence-electron chi connectivity index (χ0n) is 33.7. The maximum Gasteiger partial charge on any atom is 0.319 e. The molecular formula is C42H52N4O9P2. The first kappa shape index (κ1) is 44.8. The topological polar surface area (TPSA) is 178 Å². The Kier molecular flexibility index (Phi) is 15.7. The predicted molar refractivity (Wildman–Crippen MR) is 225 cm³/mol. The van der Waals surface area contributed by atoms with Gasteiger partial charge in [-0.1, -0.05) is 48.5 Å². The van der Waals surface area contributed by atoms with Crippen molar-refractivity contribution < 1.29 is 42.1 Å². The minimum Gasteiger partial charge on any atom is -0.378 e. The maximum absolute atomic E-state index is 14.0. The SMILES string of the molecule is CCOP(=O)(C(=O)c1c(C)cc(C)c(NC(=O)NCCOCCNC(=O)Nc2c(C)cc(C)c(C(=O)P(=O)(OCC)c3ccccc3)c2C)c1C)c1ccccc1. The zero-order valence-corrected chi connectivity index (χ0v) is 35.5. The van der Waals surface area contributed by atoms with Crippen LogP contribution in [-0.4, -0.2) is 62.6 Å². The lowest BCUT2D eigenvalue weighted by Gasteiger charge is -2.22. The second kappa shape index (κ2) is 20.0. The number of ether oxygens (including phenoxy) is 1. The van der Waals surface area contributed by atoms with Gasteiger partial charge in [-0.15, -0.1) is 0 Å². The van der Waals surface area contributed by atoms with E-state index in [2.05, 4.69) is 21.3 Å². The monoisotopic (exact) mass is 818 g/mol. The smallest absolute Gasteiger partial charge is 0.319 e. The highest BCUT2D eigenvalue weighted by Gasteiger charge is 2.39. The van der Waals surface area contributed by atoms with E-state index in [9.17, 15) is 28.3 Å². The molecule has 4 amide bonds. The molecule has 57 heavy (non-hydrogen) atoms. The number of hydrogen-bond donors (Lipinski definition) is 4. The van der Waals surface area contributed by atoms with Gasteiger partial charge < -0.3 is 35.1 Å². The third-order valence-electron chi connectivity index (χ3n) is 9.26. The molecule has 0 bridgehead atoms. The summed E-state index contributed by atoms with van der Waals surface area (Å²) in [5.41, 5.74) is 3.65. The Balaban J connectivity index is 1.30. The summed E-state index contributed by atoms with van der Waals surface area (Å²) >= 11 is 0. The van der Waals surface area contributed by atoms with Crippen LogP contribution in [0.2, 0.25) is 0 Å². The molecular weight excluding hydrogens is 766 g/mol. The molecule has 0 radical (unpaired) electrons. The fraction of sp³-hybridized carbons (Fsp3) is 0.333. The molecule has 4 N–H and O–H groups in total. The van der Waals surface area contributed by atoms with Crippen LogP contribution < -0.4 is 31.9 Å². The van der Waals surface area contributed by atoms with Crippen LogP contribution in [0.4, 0.5) is 21.0 Å². The number of urea groups is 2. The molecule has 4 aromatic carbocycles. The number of benzene rings is 4. The minimum absolute atomic E-state index is 0.0782. The van der Waals surface area contributed by atoms with Crippen LogP contribution in [0.25, 0.3) is 0 Å². The van der Waals surface area contributed by atoms with Gasteiger partial charge in [0.25, 0.3) is 11.0 Å². The Morgan fingerprint density at radius 2 is 0.895 bits per heavy atom. The number of carbonyl (C=O) groups excluding carboxylic acids is 4. The fourth-order valence-electron chi connectivity index (χ4n) is 6.71. The van der Waals surface area contributed by atoms with E-state index in [1.165, 1.54) is 0 Å². The molecule has 2 atom stereocenters. The second-order valence-electron chi connectivity index (χ2n) is 13.4. The van der Waals surface area contributed by atoms with Crippen molar-refractivity contribution in [3.8, 4) is 0 Å². The number of rotatable bonds is 18. The highest BCUT2D eigenvalue weighted by atomic mass is 31.2. The van der Waals surface area contributed by atoms with Gasteiger partial charge >= 0.3 is 26.8 Å². The Labute approximate surface area is 334 Å². The van der Waals surface area contributed by atoms with E-state index < -0.39 is 37.8 Å². The van der Waals surface area contributed by atoms with E-state index in [4.69, 9.17) is 13.8 Å². The second-order valence-corrected chi connectivity index (χ2v) is 17.9. The van der Waals surface area contributed by atoms with Crippen LogP contribution in [0.5, 0.6) is 0 Å². The van der Waals surface area contributed by atoms with Gasteiger partial charge in [0.2, 0.25) is 0 Å². The van der Waals surface area contributed by atoms with Gasteiger partial charge in [0, 0.05) is 46.2 Å². The number of amides is 4. The van der Waals surface area contributed by atoms with Gasteiger partial charge in [-0.2, -0.15) is 0 Å². The molecule has 4 aromatic rings. The van der Waals surface area contributed by atoms with Crippen molar-refractivity contribution >= 4 is 59.8 Å². The standard InChI is InChI=1S/C42H52N4O9P2/c1-9-54-56(51,33-17-13-11-14-18-33)39(47)35-27(3)25-29(5)37(31(35)7)45-41(49)43-21-23-53-24-22-44-42(50)46-38-30(6)26-28(4)36(32(38)8)40(48)57(52,55-10-2)34-19-15-12-16-20-34/h11-20,25-26H,9-10,21-24H2,1-8H3,(H2,43,45,49)(H2,44,46,50). The first-order valence-corrected chi connectivity index (χ1v) is 21.9. The van der Waals surface area contributed by atoms with Crippen molar-refractivity contribution in [3.05, 3.63) is 117 Å². The van der Waals surface area contributed by atoms with Gasteiger partial charge in [-0.25, -0.2) is 9.59 Å². The molecule has 0 saturated carbocycles. The Morgan fingerprint density at radius 1 is 0.544 bits per heavy atom. The summed E-state index contributed by atoms with van der Waals surface area (Å²) in [7, 11) is -7.87. The summed E-state index contributed by atoms with van der Waals surface area (Å²) in [5, 5.41) is 11.7. The lowest BCUT2D eigenvalue weighted by Crippen LogP contribution is -2.34. The third-order valence-corrected chi connectivity index (χ3v) is 14.0. The number of carbonyl (C=O) groups is 4. The number of aryl methyl sites for hydroxylation is 4. The summed E-state index contributed by atoms with van der Waals surface area (Å²) in [4.78, 5) is 53.5. The van der Waals surface area contributed by atoms with Crippen LogP contribution in [0.1, 0.15) is 67.9 Å². The van der Waals surface area contributed by atoms with Crippen molar-refractivity contribution in [2.24, 2.45) is 0 Å². The molecule has 304 valence electrons. The van der Waals surface area contributed by atoms with Crippen LogP contribution in [-0.2, 0) is 22.9 Å². The Morgan fingerprint density at radius 3 is 1.23 bits per heavy atom. The van der Waals surface area contributed by atoms with Gasteiger partial charge in [0.1, 0.15) is 0 Å². The lowest BCUT2D eigenvalue weighted by molar-refractivity contribution is 0.104. The zero-order chi connectivity index (χ0) is 41.9. The van der Waals surface area contributed by atoms with E-state index in [1.54, 1.807) is 114 Å². The number of nitrogens with one attached hydrogen (secondary N) is 4. The summed E-state index contributed by atoms with van der Waals surface area (Å²) in [6.45, 7) is 14.6. The van der Waals surface area contributed by atoms with Gasteiger partial charge in [0.15, 0.2) is 0 Å². The van der Waals surface area contributed by atoms with E-state index in [0.717, 1.165) is 11.1 Å². The third kappa shape index (κ3) is 10.3. The van der Waals surface area contributed by atoms with Crippen molar-refractivity contribution in [1.29, 1.82) is 0 Å². The highest BCUT2D eigenvalue weighted by Crippen LogP contribution is 2.51. The van der Waals surface area contributed by atoms with E-state index in [1.807, 2.05) is 13.8 Å². The van der Waals surface area contributed by atoms with E-state index >= 15 is 0 Å². The fourth-order valence-corrected chi connectivity index (χ4v) is 10.8. The van der Waals surface area contributed by atoms with Gasteiger partial charge in [-0.3, -0.25) is 18.7 Å². The maximum atomic E-state index is 14.0. The average molecular weight is 819 g/mol. The first-order valence-electron chi connectivity index (χ1n) is 18.7. The molecule has 2 unspecified atom stereocenters. The van der Waals surface area contributed by atoms with Crippen molar-refractivity contribution in [1.82, 2.24) is 10.6 Å². The summed E-state index contributed by atoms with van der Waals surface area (Å²) in [5.74, 6) is 0. The van der Waals surface area contributed by atoms with Crippen LogP contribution in [0.3, 0.4) is 0 Å². The molecule has 0 spiro atoms. The summed E-state index contributed by atoms with van der Waals surface area (Å²) < 4.78 is 44.9. The molecule has 13 nitrogen and oxygen atoms in total. The Bertz CT molecular complexity index is 2060. The van der Waals surface area contributed by atoms with Gasteiger partial charge in [0.05, 0.1) is 26.4 Å². The molecule has 4 rings (SSSR count). The molecule has 0 saturated heterocycles. The minimum atomic E-state index is -3.93. The lowest BCUT2D eigenvalue weighted by atomic mass is 9.98. The summed E-state index contributed by atoms with van der Waals surface area (Å²) in [6.07, 6.45) is 0. The predicted octanol–water partition coefficient (Wildman–Crippen LogP) is 8.06. The van der Waals surface area contributed by atoms with Crippen LogP contribution in [0.15, 0.2) is 72.8 Å². The van der Waals surface area contributed by atoms with Crippen LogP contribution in [0, 0.1) is 41.5 Å². The van der Waals surface area contributed by atoms with Crippen molar-refractivity contribution in [3.63, 3.8) is 0 Å². The average Bonchev–Trinajstić information content (AvgIpc) is 3.18. The number of anilines is 2. The van der Waals surface area contributed by atoms with Gasteiger partial charge in [-0.05, 0) is 113 Å². The molecule has 0 aliphatic rings. The normalized spacial score (nSPS) is 13.2. The number of hydrogen-bond acceptors (Lipinski definition) is 9. The largest absolute Gasteiger partial charge is 0.378 e. The molecule has 0 aromatic heterocycles. The van der Waals surface area contributed by atoms with Crippen molar-refractivity contribution in [2.75, 3.05) is 50.2 Å². The summed E-state index contributed by atoms with van der Waals surface area (Å²) in [6, 6.07) is 19.2. The molecule has 15 heteroatoms. The quantitative estimate of drug-likeness (QED) is 0.0571. The molecule has 0 aliphatic carbocycles.